The number of thiocarbonyl (C=S) groups is 1. The van der Waals surface area contributed by atoms with Crippen LogP contribution in [0.3, 0.4) is 0 Å². The molecule has 3 N–H and O–H groups in total. The van der Waals surface area contributed by atoms with Gasteiger partial charge < -0.3 is 10.5 Å². The molecule has 0 aliphatic rings. The molecule has 0 heterocycles. The maximum absolute atomic E-state index is 12.3. The van der Waals surface area contributed by atoms with Crippen molar-refractivity contribution in [3.63, 3.8) is 0 Å². The van der Waals surface area contributed by atoms with Crippen LogP contribution >= 0.6 is 12.2 Å². The van der Waals surface area contributed by atoms with Gasteiger partial charge in [0.25, 0.3) is 0 Å². The summed E-state index contributed by atoms with van der Waals surface area (Å²) in [6.45, 7) is 1.65. The third-order valence-electron chi connectivity index (χ3n) is 2.91. The molecule has 0 amide bonds. The van der Waals surface area contributed by atoms with Crippen molar-refractivity contribution in [1.29, 1.82) is 0 Å². The van der Waals surface area contributed by atoms with E-state index in [0.29, 0.717) is 5.56 Å². The van der Waals surface area contributed by atoms with Gasteiger partial charge in [-0.05, 0) is 12.0 Å². The number of ether oxygens (including phenoxy) is 1. The van der Waals surface area contributed by atoms with Crippen molar-refractivity contribution in [2.45, 2.75) is 24.6 Å². The molecule has 0 bridgehead atoms. The predicted octanol–water partition coefficient (Wildman–Crippen LogP) is 0.885. The van der Waals surface area contributed by atoms with Crippen molar-refractivity contribution < 1.29 is 17.9 Å². The zero-order valence-corrected chi connectivity index (χ0v) is 13.4. The number of hydrogen-bond donors (Lipinski definition) is 2. The number of nitrogens with one attached hydrogen (secondary N) is 1. The Morgan fingerprint density at radius 3 is 2.38 bits per heavy atom. The number of rotatable bonds is 7. The first kappa shape index (κ1) is 17.5. The molecule has 0 radical (unpaired) electrons. The average Bonchev–Trinajstić information content (AvgIpc) is 2.45. The summed E-state index contributed by atoms with van der Waals surface area (Å²) in [5.74, 6) is -0.706. The Kier molecular flexibility index (Phi) is 6.25. The summed E-state index contributed by atoms with van der Waals surface area (Å²) < 4.78 is 31.6. The lowest BCUT2D eigenvalue weighted by Crippen LogP contribution is -2.45. The van der Waals surface area contributed by atoms with Gasteiger partial charge in [-0.3, -0.25) is 0 Å². The molecule has 0 aliphatic heterocycles. The van der Waals surface area contributed by atoms with Crippen LogP contribution in [0.25, 0.3) is 0 Å². The van der Waals surface area contributed by atoms with E-state index in [2.05, 4.69) is 9.46 Å². The second kappa shape index (κ2) is 7.48. The molecule has 21 heavy (non-hydrogen) atoms. The molecule has 116 valence electrons. The number of hydrogen-bond acceptors (Lipinski definition) is 5. The molecule has 1 aromatic rings. The summed E-state index contributed by atoms with van der Waals surface area (Å²) in [6, 6.07) is 7.28. The number of nitrogens with two attached hydrogens (primary N) is 1. The molecule has 1 rings (SSSR count). The van der Waals surface area contributed by atoms with Crippen LogP contribution in [0.5, 0.6) is 0 Å². The Hall–Kier alpha value is -1.51. The van der Waals surface area contributed by atoms with Gasteiger partial charge in [0.05, 0.1) is 12.1 Å². The van der Waals surface area contributed by atoms with Crippen molar-refractivity contribution >= 4 is 33.2 Å². The van der Waals surface area contributed by atoms with Crippen LogP contribution in [0.4, 0.5) is 0 Å². The first-order valence-corrected chi connectivity index (χ1v) is 8.22. The molecule has 0 saturated heterocycles. The van der Waals surface area contributed by atoms with Crippen molar-refractivity contribution in [2.24, 2.45) is 5.73 Å². The standard InChI is InChI=1S/C13H18N2O4S2/c1-3-10(12(14)20)21(17,18)15-11(13(16)19-2)9-7-5-4-6-8-9/h4-8,10-11,15H,3H2,1-2H3,(H2,14,20). The summed E-state index contributed by atoms with van der Waals surface area (Å²) in [5.41, 5.74) is 5.93. The predicted molar refractivity (Wildman–Crippen MR) is 84.1 cm³/mol. The number of sulfonamides is 1. The van der Waals surface area contributed by atoms with E-state index in [-0.39, 0.29) is 11.4 Å². The fourth-order valence-corrected chi connectivity index (χ4v) is 3.85. The Morgan fingerprint density at radius 1 is 1.38 bits per heavy atom. The van der Waals surface area contributed by atoms with Gasteiger partial charge in [0, 0.05) is 0 Å². The number of carbonyl (C=O) groups excluding carboxylic acids is 1. The van der Waals surface area contributed by atoms with E-state index < -0.39 is 27.3 Å². The Balaban J connectivity index is 3.13. The van der Waals surface area contributed by atoms with Crippen molar-refractivity contribution in [3.8, 4) is 0 Å². The van der Waals surface area contributed by atoms with Gasteiger partial charge in [0.2, 0.25) is 10.0 Å². The highest BCUT2D eigenvalue weighted by Gasteiger charge is 2.33. The van der Waals surface area contributed by atoms with Crippen LogP contribution in [0, 0.1) is 0 Å². The van der Waals surface area contributed by atoms with Crippen LogP contribution in [0.1, 0.15) is 24.9 Å². The number of carbonyl (C=O) groups is 1. The van der Waals surface area contributed by atoms with E-state index in [9.17, 15) is 13.2 Å². The van der Waals surface area contributed by atoms with Crippen LogP contribution in [0.2, 0.25) is 0 Å². The van der Waals surface area contributed by atoms with Gasteiger partial charge in [-0.25, -0.2) is 13.2 Å². The molecule has 0 aromatic heterocycles. The molecule has 0 fully saturated rings. The third kappa shape index (κ3) is 4.48. The summed E-state index contributed by atoms with van der Waals surface area (Å²) >= 11 is 4.77. The zero-order valence-electron chi connectivity index (χ0n) is 11.8. The topological polar surface area (TPSA) is 98.5 Å². The molecule has 2 atom stereocenters. The Morgan fingerprint density at radius 2 is 1.95 bits per heavy atom. The fraction of sp³-hybridized carbons (Fsp3) is 0.385. The second-order valence-electron chi connectivity index (χ2n) is 4.33. The average molecular weight is 330 g/mol. The highest BCUT2D eigenvalue weighted by atomic mass is 32.2. The zero-order chi connectivity index (χ0) is 16.0. The number of methoxy groups -OCH3 is 1. The molecule has 2 unspecified atom stereocenters. The first-order valence-electron chi connectivity index (χ1n) is 6.26. The van der Waals surface area contributed by atoms with Crippen LogP contribution in [-0.2, 0) is 19.6 Å². The lowest BCUT2D eigenvalue weighted by atomic mass is 10.1. The molecule has 0 saturated carbocycles. The minimum Gasteiger partial charge on any atom is -0.468 e. The largest absolute Gasteiger partial charge is 0.468 e. The van der Waals surface area contributed by atoms with Crippen molar-refractivity contribution in [3.05, 3.63) is 35.9 Å². The van der Waals surface area contributed by atoms with E-state index in [0.717, 1.165) is 0 Å². The maximum Gasteiger partial charge on any atom is 0.328 e. The van der Waals surface area contributed by atoms with E-state index in [1.54, 1.807) is 37.3 Å². The number of esters is 1. The molecule has 0 spiro atoms. The quantitative estimate of drug-likeness (QED) is 0.569. The maximum atomic E-state index is 12.3. The van der Waals surface area contributed by atoms with E-state index in [4.69, 9.17) is 18.0 Å². The first-order chi connectivity index (χ1) is 9.83. The second-order valence-corrected chi connectivity index (χ2v) is 6.70. The fourth-order valence-electron chi connectivity index (χ4n) is 1.84. The smallest absolute Gasteiger partial charge is 0.328 e. The van der Waals surface area contributed by atoms with Gasteiger partial charge in [0.1, 0.15) is 11.3 Å². The van der Waals surface area contributed by atoms with Crippen LogP contribution in [-0.4, -0.2) is 31.7 Å². The Labute approximate surface area is 129 Å². The number of benzene rings is 1. The van der Waals surface area contributed by atoms with Crippen molar-refractivity contribution in [1.82, 2.24) is 4.72 Å². The molecular weight excluding hydrogens is 312 g/mol. The minimum atomic E-state index is -3.89. The highest BCUT2D eigenvalue weighted by molar-refractivity contribution is 7.93. The minimum absolute atomic E-state index is 0.137. The van der Waals surface area contributed by atoms with E-state index in [1.165, 1.54) is 7.11 Å². The van der Waals surface area contributed by atoms with Gasteiger partial charge >= 0.3 is 5.97 Å². The summed E-state index contributed by atoms with van der Waals surface area (Å²) in [4.78, 5) is 11.7. The summed E-state index contributed by atoms with van der Waals surface area (Å²) in [5, 5.41) is -1.04. The van der Waals surface area contributed by atoms with Gasteiger partial charge in [-0.1, -0.05) is 49.5 Å². The monoisotopic (exact) mass is 330 g/mol. The third-order valence-corrected chi connectivity index (χ3v) is 5.25. The van der Waals surface area contributed by atoms with Gasteiger partial charge in [0.15, 0.2) is 0 Å². The molecule has 1 aromatic carbocycles. The van der Waals surface area contributed by atoms with E-state index >= 15 is 0 Å². The normalized spacial score (nSPS) is 14.2. The highest BCUT2D eigenvalue weighted by Crippen LogP contribution is 2.17. The molecule has 8 heteroatoms. The Bertz CT molecular complexity index is 602. The molecule has 6 nitrogen and oxygen atoms in total. The lowest BCUT2D eigenvalue weighted by molar-refractivity contribution is -0.142. The van der Waals surface area contributed by atoms with Gasteiger partial charge in [-0.15, -0.1) is 0 Å². The van der Waals surface area contributed by atoms with Crippen LogP contribution < -0.4 is 10.5 Å². The van der Waals surface area contributed by atoms with Crippen LogP contribution in [0.15, 0.2) is 30.3 Å². The van der Waals surface area contributed by atoms with Gasteiger partial charge in [-0.2, -0.15) is 4.72 Å². The lowest BCUT2D eigenvalue weighted by Gasteiger charge is -2.21. The molecular formula is C13H18N2O4S2. The summed E-state index contributed by atoms with van der Waals surface area (Å²) in [6.07, 6.45) is 0.216. The van der Waals surface area contributed by atoms with Crippen molar-refractivity contribution in [2.75, 3.05) is 7.11 Å². The van der Waals surface area contributed by atoms with E-state index in [1.807, 2.05) is 0 Å². The SMILES string of the molecule is CCC(C(N)=S)S(=O)(=O)NC(C(=O)OC)c1ccccc1. The summed E-state index contributed by atoms with van der Waals surface area (Å²) in [7, 11) is -2.70. The molecule has 0 aliphatic carbocycles.